The first-order valence-electron chi connectivity index (χ1n) is 11.7. The molecule has 0 N–H and O–H groups in total. The summed E-state index contributed by atoms with van der Waals surface area (Å²) in [4.78, 5) is 32.2. The van der Waals surface area contributed by atoms with Gasteiger partial charge in [-0.2, -0.15) is 26.3 Å². The van der Waals surface area contributed by atoms with Gasteiger partial charge in [-0.25, -0.2) is 4.98 Å². The number of hydrogen-bond acceptors (Lipinski definition) is 3. The molecule has 0 fully saturated rings. The van der Waals surface area contributed by atoms with Crippen molar-refractivity contribution < 1.29 is 31.1 Å². The van der Waals surface area contributed by atoms with Crippen LogP contribution in [0.5, 0.6) is 0 Å². The molecular formula is C27H20F6N4O2. The number of carbonyl (C=O) groups excluding carboxylic acids is 1. The Morgan fingerprint density at radius 3 is 2.03 bits per heavy atom. The van der Waals surface area contributed by atoms with E-state index in [0.717, 1.165) is 0 Å². The number of amides is 1. The molecule has 1 unspecified atom stereocenters. The second-order valence-corrected chi connectivity index (χ2v) is 9.13. The summed E-state index contributed by atoms with van der Waals surface area (Å²) in [6.45, 7) is 1.60. The highest BCUT2D eigenvalue weighted by Crippen LogP contribution is 2.40. The van der Waals surface area contributed by atoms with Gasteiger partial charge in [0, 0.05) is 19.3 Å². The lowest BCUT2D eigenvalue weighted by Gasteiger charge is -2.37. The third-order valence-electron chi connectivity index (χ3n) is 6.54. The molecule has 4 aromatic rings. The van der Waals surface area contributed by atoms with E-state index in [9.17, 15) is 35.9 Å². The molecule has 1 aliphatic rings. The van der Waals surface area contributed by atoms with E-state index in [0.29, 0.717) is 23.4 Å². The first kappa shape index (κ1) is 26.3. The van der Waals surface area contributed by atoms with Gasteiger partial charge in [-0.05, 0) is 48.4 Å². The van der Waals surface area contributed by atoms with Crippen molar-refractivity contribution in [3.8, 4) is 5.69 Å². The second-order valence-electron chi connectivity index (χ2n) is 9.13. The third-order valence-corrected chi connectivity index (χ3v) is 6.54. The predicted octanol–water partition coefficient (Wildman–Crippen LogP) is 5.63. The molecule has 2 aromatic heterocycles. The van der Waals surface area contributed by atoms with Gasteiger partial charge >= 0.3 is 12.4 Å². The zero-order valence-corrected chi connectivity index (χ0v) is 20.3. The van der Waals surface area contributed by atoms with Crippen LogP contribution in [0.4, 0.5) is 26.3 Å². The third kappa shape index (κ3) is 4.93. The minimum absolute atomic E-state index is 0.0180. The fourth-order valence-corrected chi connectivity index (χ4v) is 4.75. The number of halogens is 6. The van der Waals surface area contributed by atoms with E-state index >= 15 is 0 Å². The van der Waals surface area contributed by atoms with Crippen molar-refractivity contribution in [2.24, 2.45) is 0 Å². The number of alkyl halides is 6. The Hall–Kier alpha value is -4.35. The molecule has 0 bridgehead atoms. The van der Waals surface area contributed by atoms with Crippen molar-refractivity contribution in [1.82, 2.24) is 19.0 Å². The Morgan fingerprint density at radius 1 is 0.821 bits per heavy atom. The van der Waals surface area contributed by atoms with Gasteiger partial charge in [0.1, 0.15) is 11.4 Å². The molecule has 2 aromatic carbocycles. The van der Waals surface area contributed by atoms with Gasteiger partial charge in [-0.1, -0.05) is 30.3 Å². The minimum Gasteiger partial charge on any atom is -0.324 e. The number of aryl methyl sites for hydroxylation is 1. The lowest BCUT2D eigenvalue weighted by atomic mass is 9.92. The van der Waals surface area contributed by atoms with Crippen LogP contribution < -0.4 is 5.56 Å². The normalized spacial score (nSPS) is 14.8. The molecular weight excluding hydrogens is 526 g/mol. The van der Waals surface area contributed by atoms with Gasteiger partial charge in [0.25, 0.3) is 11.5 Å². The summed E-state index contributed by atoms with van der Waals surface area (Å²) in [6.07, 6.45) is -7.01. The number of aromatic nitrogens is 3. The van der Waals surface area contributed by atoms with E-state index in [2.05, 4.69) is 4.98 Å². The van der Waals surface area contributed by atoms with E-state index < -0.39 is 41.0 Å². The molecule has 1 atom stereocenters. The van der Waals surface area contributed by atoms with Crippen molar-refractivity contribution in [3.63, 3.8) is 0 Å². The number of benzene rings is 2. The molecule has 39 heavy (non-hydrogen) atoms. The molecule has 5 rings (SSSR count). The Balaban J connectivity index is 1.64. The molecule has 0 spiro atoms. The van der Waals surface area contributed by atoms with Gasteiger partial charge in [0.2, 0.25) is 0 Å². The number of fused-ring (bicyclic) bond motifs is 1. The summed E-state index contributed by atoms with van der Waals surface area (Å²) in [5.74, 6) is -0.702. The molecule has 0 aliphatic carbocycles. The first-order valence-corrected chi connectivity index (χ1v) is 11.7. The molecule has 0 radical (unpaired) electrons. The van der Waals surface area contributed by atoms with Gasteiger partial charge in [-0.15, -0.1) is 0 Å². The molecule has 0 saturated heterocycles. The Labute approximate surface area is 217 Å². The highest BCUT2D eigenvalue weighted by molar-refractivity contribution is 5.94. The standard InChI is InChI=1S/C27H20F6N4O2/c1-16-14-35(15-34-16)21-7-8-22-25(39)37(10-9-36(22)24(21)38)23(17-5-3-2-4-6-17)18-11-19(26(28,29)30)13-20(12-18)27(31,32)33/h2-8,11-15,23H,9-10H2,1H3. The van der Waals surface area contributed by atoms with Gasteiger partial charge < -0.3 is 14.0 Å². The van der Waals surface area contributed by atoms with Crippen molar-refractivity contribution in [1.29, 1.82) is 0 Å². The highest BCUT2D eigenvalue weighted by atomic mass is 19.4. The Kier molecular flexibility index (Phi) is 6.36. The zero-order chi connectivity index (χ0) is 28.1. The lowest BCUT2D eigenvalue weighted by molar-refractivity contribution is -0.143. The molecule has 202 valence electrons. The van der Waals surface area contributed by atoms with Crippen molar-refractivity contribution in [3.05, 3.63) is 117 Å². The summed E-state index contributed by atoms with van der Waals surface area (Å²) < 4.78 is 84.7. The fourth-order valence-electron chi connectivity index (χ4n) is 4.75. The van der Waals surface area contributed by atoms with Crippen LogP contribution in [0, 0.1) is 6.92 Å². The van der Waals surface area contributed by atoms with E-state index in [1.165, 1.54) is 44.6 Å². The number of carbonyl (C=O) groups is 1. The van der Waals surface area contributed by atoms with Crippen molar-refractivity contribution in [2.75, 3.05) is 6.54 Å². The predicted molar refractivity (Wildman–Crippen MR) is 128 cm³/mol. The highest BCUT2D eigenvalue weighted by Gasteiger charge is 2.40. The fraction of sp³-hybridized carbons (Fsp3) is 0.222. The monoisotopic (exact) mass is 546 g/mol. The zero-order valence-electron chi connectivity index (χ0n) is 20.3. The maximum Gasteiger partial charge on any atom is 0.416 e. The molecule has 1 amide bonds. The largest absolute Gasteiger partial charge is 0.416 e. The number of nitrogens with zero attached hydrogens (tertiary/aromatic N) is 4. The van der Waals surface area contributed by atoms with E-state index in [1.807, 2.05) is 0 Å². The number of imidazole rings is 1. The summed E-state index contributed by atoms with van der Waals surface area (Å²) in [6, 6.07) is 10.7. The topological polar surface area (TPSA) is 60.1 Å². The Morgan fingerprint density at radius 2 is 1.46 bits per heavy atom. The van der Waals surface area contributed by atoms with Crippen molar-refractivity contribution in [2.45, 2.75) is 31.9 Å². The second kappa shape index (κ2) is 9.44. The number of hydrogen-bond donors (Lipinski definition) is 0. The lowest BCUT2D eigenvalue weighted by Crippen LogP contribution is -2.46. The average Bonchev–Trinajstić information content (AvgIpc) is 3.31. The van der Waals surface area contributed by atoms with Crippen LogP contribution in [0.15, 0.2) is 78.0 Å². The van der Waals surface area contributed by atoms with Crippen molar-refractivity contribution >= 4 is 5.91 Å². The average molecular weight is 546 g/mol. The van der Waals surface area contributed by atoms with Gasteiger partial charge in [0.05, 0.1) is 29.2 Å². The van der Waals surface area contributed by atoms with Crippen LogP contribution in [0.3, 0.4) is 0 Å². The van der Waals surface area contributed by atoms with Crippen LogP contribution in [-0.2, 0) is 18.9 Å². The van der Waals surface area contributed by atoms with Crippen LogP contribution in [-0.4, -0.2) is 31.5 Å². The first-order chi connectivity index (χ1) is 18.3. The summed E-state index contributed by atoms with van der Waals surface area (Å²) in [7, 11) is 0. The van der Waals surface area contributed by atoms with Gasteiger partial charge in [0.15, 0.2) is 0 Å². The SMILES string of the molecule is Cc1cn(-c2ccc3n(c2=O)CCN(C(c2ccccc2)c2cc(C(F)(F)F)cc(C(F)(F)F)c2)C3=O)cn1. The van der Waals surface area contributed by atoms with E-state index in [4.69, 9.17) is 0 Å². The number of rotatable bonds is 4. The molecule has 12 heteroatoms. The van der Waals surface area contributed by atoms with Crippen LogP contribution in [0.1, 0.15) is 44.5 Å². The quantitative estimate of drug-likeness (QED) is 0.312. The van der Waals surface area contributed by atoms with Gasteiger partial charge in [-0.3, -0.25) is 9.59 Å². The summed E-state index contributed by atoms with van der Waals surface area (Å²) >= 11 is 0. The maximum absolute atomic E-state index is 13.7. The molecule has 3 heterocycles. The molecule has 0 saturated carbocycles. The smallest absolute Gasteiger partial charge is 0.324 e. The van der Waals surface area contributed by atoms with Crippen LogP contribution in [0.2, 0.25) is 0 Å². The molecule has 1 aliphatic heterocycles. The molecule has 6 nitrogen and oxygen atoms in total. The summed E-state index contributed by atoms with van der Waals surface area (Å²) in [5, 5.41) is 0. The van der Waals surface area contributed by atoms with E-state index in [-0.39, 0.29) is 36.1 Å². The number of pyridine rings is 1. The minimum atomic E-state index is -5.05. The van der Waals surface area contributed by atoms with E-state index in [1.54, 1.807) is 31.3 Å². The maximum atomic E-state index is 13.7. The summed E-state index contributed by atoms with van der Waals surface area (Å²) in [5.41, 5.74) is -2.58. The van der Waals surface area contributed by atoms with Crippen LogP contribution >= 0.6 is 0 Å². The van der Waals surface area contributed by atoms with Crippen LogP contribution in [0.25, 0.3) is 5.69 Å². The Bertz CT molecular complexity index is 1570.